The largest absolute Gasteiger partial charge is 0.465 e. The predicted octanol–water partition coefficient (Wildman–Crippen LogP) is 1.62. The number of methoxy groups -OCH3 is 1. The minimum atomic E-state index is -0.371. The molecule has 0 atom stereocenters. The lowest BCUT2D eigenvalue weighted by atomic mass is 10.1. The van der Waals surface area contributed by atoms with Crippen LogP contribution in [-0.2, 0) is 9.53 Å². The smallest absolute Gasteiger partial charge is 0.337 e. The highest BCUT2D eigenvalue weighted by atomic mass is 16.5. The molecule has 17 heavy (non-hydrogen) atoms. The van der Waals surface area contributed by atoms with Gasteiger partial charge in [-0.1, -0.05) is 12.1 Å². The Morgan fingerprint density at radius 2 is 1.94 bits per heavy atom. The molecule has 1 aromatic carbocycles. The molecule has 90 valence electrons. The number of likely N-dealkylation sites (N-methyl/N-ethyl adjacent to an activating group) is 1. The standard InChI is InChI=1S/C13H15NO3/c1-3-14-12(15)9-6-10-4-7-11(8-5-10)13(16)17-2/h4-9H,3H2,1-2H3,(H,14,15)/b9-6+. The number of benzene rings is 1. The van der Waals surface area contributed by atoms with E-state index in [1.807, 2.05) is 6.92 Å². The number of rotatable bonds is 4. The first kappa shape index (κ1) is 13.0. The number of nitrogens with one attached hydrogen (secondary N) is 1. The average molecular weight is 233 g/mol. The van der Waals surface area contributed by atoms with Gasteiger partial charge in [-0.05, 0) is 30.7 Å². The van der Waals surface area contributed by atoms with Crippen LogP contribution >= 0.6 is 0 Å². The summed E-state index contributed by atoms with van der Waals surface area (Å²) in [6.45, 7) is 2.46. The van der Waals surface area contributed by atoms with Crippen molar-refractivity contribution < 1.29 is 14.3 Å². The third kappa shape index (κ3) is 4.10. The van der Waals surface area contributed by atoms with Gasteiger partial charge in [0.2, 0.25) is 5.91 Å². The second-order valence-electron chi connectivity index (χ2n) is 3.34. The molecule has 0 unspecified atom stereocenters. The van der Waals surface area contributed by atoms with E-state index >= 15 is 0 Å². The first-order valence-electron chi connectivity index (χ1n) is 5.31. The topological polar surface area (TPSA) is 55.4 Å². The van der Waals surface area contributed by atoms with Gasteiger partial charge in [0, 0.05) is 12.6 Å². The monoisotopic (exact) mass is 233 g/mol. The number of carbonyl (C=O) groups excluding carboxylic acids is 2. The fourth-order valence-electron chi connectivity index (χ4n) is 1.25. The number of hydrogen-bond acceptors (Lipinski definition) is 3. The summed E-state index contributed by atoms with van der Waals surface area (Å²) in [5.41, 5.74) is 1.34. The van der Waals surface area contributed by atoms with Crippen LogP contribution in [0.5, 0.6) is 0 Å². The lowest BCUT2D eigenvalue weighted by Gasteiger charge is -1.99. The first-order chi connectivity index (χ1) is 8.17. The van der Waals surface area contributed by atoms with Crippen molar-refractivity contribution in [3.05, 3.63) is 41.5 Å². The Morgan fingerprint density at radius 1 is 1.29 bits per heavy atom. The molecule has 4 heteroatoms. The molecule has 0 saturated carbocycles. The van der Waals surface area contributed by atoms with Crippen LogP contribution in [0.2, 0.25) is 0 Å². The van der Waals surface area contributed by atoms with E-state index in [4.69, 9.17) is 0 Å². The minimum Gasteiger partial charge on any atom is -0.465 e. The van der Waals surface area contributed by atoms with Gasteiger partial charge in [0.15, 0.2) is 0 Å². The van der Waals surface area contributed by atoms with Crippen LogP contribution in [0.4, 0.5) is 0 Å². The quantitative estimate of drug-likeness (QED) is 0.635. The molecule has 0 spiro atoms. The Balaban J connectivity index is 2.68. The van der Waals surface area contributed by atoms with Crippen molar-refractivity contribution in [2.75, 3.05) is 13.7 Å². The Kier molecular flexibility index (Phi) is 4.94. The average Bonchev–Trinajstić information content (AvgIpc) is 2.36. The minimum absolute atomic E-state index is 0.135. The van der Waals surface area contributed by atoms with Gasteiger partial charge in [0.05, 0.1) is 12.7 Å². The van der Waals surface area contributed by atoms with E-state index in [-0.39, 0.29) is 11.9 Å². The number of hydrogen-bond donors (Lipinski definition) is 1. The van der Waals surface area contributed by atoms with Gasteiger partial charge in [-0.2, -0.15) is 0 Å². The van der Waals surface area contributed by atoms with Crippen molar-refractivity contribution in [3.63, 3.8) is 0 Å². The molecule has 0 aliphatic rings. The first-order valence-corrected chi connectivity index (χ1v) is 5.31. The predicted molar refractivity (Wildman–Crippen MR) is 65.5 cm³/mol. The number of carbonyl (C=O) groups is 2. The lowest BCUT2D eigenvalue weighted by molar-refractivity contribution is -0.116. The zero-order valence-corrected chi connectivity index (χ0v) is 9.90. The Labute approximate surface area is 100 Å². The van der Waals surface area contributed by atoms with Crippen LogP contribution < -0.4 is 5.32 Å². The van der Waals surface area contributed by atoms with Gasteiger partial charge >= 0.3 is 5.97 Å². The Hall–Kier alpha value is -2.10. The highest BCUT2D eigenvalue weighted by Crippen LogP contribution is 2.07. The Bertz CT molecular complexity index is 421. The summed E-state index contributed by atoms with van der Waals surface area (Å²) in [6.07, 6.45) is 3.14. The molecule has 0 bridgehead atoms. The summed E-state index contributed by atoms with van der Waals surface area (Å²) in [5, 5.41) is 2.65. The van der Waals surface area contributed by atoms with Gasteiger partial charge in [-0.3, -0.25) is 4.79 Å². The van der Waals surface area contributed by atoms with E-state index in [1.165, 1.54) is 13.2 Å². The van der Waals surface area contributed by atoms with E-state index in [0.717, 1.165) is 5.56 Å². The third-order valence-electron chi connectivity index (χ3n) is 2.11. The molecule has 1 aromatic rings. The molecule has 0 saturated heterocycles. The molecule has 1 amide bonds. The van der Waals surface area contributed by atoms with Gasteiger partial charge in [0.1, 0.15) is 0 Å². The fraction of sp³-hybridized carbons (Fsp3) is 0.231. The second kappa shape index (κ2) is 6.48. The van der Waals surface area contributed by atoms with Crippen LogP contribution in [0.15, 0.2) is 30.3 Å². The van der Waals surface area contributed by atoms with Crippen molar-refractivity contribution >= 4 is 18.0 Å². The maximum Gasteiger partial charge on any atom is 0.337 e. The molecule has 0 aliphatic heterocycles. The van der Waals surface area contributed by atoms with Crippen LogP contribution in [0.3, 0.4) is 0 Å². The van der Waals surface area contributed by atoms with Gasteiger partial charge in [-0.15, -0.1) is 0 Å². The molecule has 1 rings (SSSR count). The fourth-order valence-corrected chi connectivity index (χ4v) is 1.25. The van der Waals surface area contributed by atoms with Crippen LogP contribution in [0, 0.1) is 0 Å². The number of amides is 1. The lowest BCUT2D eigenvalue weighted by Crippen LogP contribution is -2.19. The summed E-state index contributed by atoms with van der Waals surface area (Å²) >= 11 is 0. The molecule has 1 N–H and O–H groups in total. The SMILES string of the molecule is CCNC(=O)/C=C/c1ccc(C(=O)OC)cc1. The van der Waals surface area contributed by atoms with Crippen molar-refractivity contribution in [2.45, 2.75) is 6.92 Å². The normalized spacial score (nSPS) is 10.2. The molecule has 4 nitrogen and oxygen atoms in total. The van der Waals surface area contributed by atoms with Crippen molar-refractivity contribution in [1.29, 1.82) is 0 Å². The third-order valence-corrected chi connectivity index (χ3v) is 2.11. The summed E-state index contributed by atoms with van der Waals surface area (Å²) in [4.78, 5) is 22.3. The molecule has 0 aliphatic carbocycles. The summed E-state index contributed by atoms with van der Waals surface area (Å²) < 4.78 is 4.59. The zero-order valence-electron chi connectivity index (χ0n) is 9.90. The van der Waals surface area contributed by atoms with Crippen molar-refractivity contribution in [2.24, 2.45) is 0 Å². The van der Waals surface area contributed by atoms with Crippen molar-refractivity contribution in [1.82, 2.24) is 5.32 Å². The summed E-state index contributed by atoms with van der Waals surface area (Å²) in [7, 11) is 1.34. The van der Waals surface area contributed by atoms with E-state index in [0.29, 0.717) is 12.1 Å². The van der Waals surface area contributed by atoms with Gasteiger partial charge < -0.3 is 10.1 Å². The van der Waals surface area contributed by atoms with E-state index in [2.05, 4.69) is 10.1 Å². The van der Waals surface area contributed by atoms with Crippen LogP contribution in [-0.4, -0.2) is 25.5 Å². The number of esters is 1. The zero-order chi connectivity index (χ0) is 12.7. The van der Waals surface area contributed by atoms with Gasteiger partial charge in [-0.25, -0.2) is 4.79 Å². The molecule has 0 heterocycles. The van der Waals surface area contributed by atoms with E-state index < -0.39 is 0 Å². The molecule has 0 radical (unpaired) electrons. The summed E-state index contributed by atoms with van der Waals surface area (Å²) in [5.74, 6) is -0.506. The molecule has 0 aromatic heterocycles. The maximum atomic E-state index is 11.2. The van der Waals surface area contributed by atoms with E-state index in [9.17, 15) is 9.59 Å². The van der Waals surface area contributed by atoms with E-state index in [1.54, 1.807) is 30.3 Å². The summed E-state index contributed by atoms with van der Waals surface area (Å²) in [6, 6.07) is 6.82. The Morgan fingerprint density at radius 3 is 2.47 bits per heavy atom. The molecule has 0 fully saturated rings. The second-order valence-corrected chi connectivity index (χ2v) is 3.34. The van der Waals surface area contributed by atoms with Gasteiger partial charge in [0.25, 0.3) is 0 Å². The van der Waals surface area contributed by atoms with Crippen molar-refractivity contribution in [3.8, 4) is 0 Å². The number of ether oxygens (including phenoxy) is 1. The molecular weight excluding hydrogens is 218 g/mol. The van der Waals surface area contributed by atoms with Crippen LogP contribution in [0.1, 0.15) is 22.8 Å². The molecular formula is C13H15NO3. The highest BCUT2D eigenvalue weighted by Gasteiger charge is 2.03. The van der Waals surface area contributed by atoms with Crippen LogP contribution in [0.25, 0.3) is 6.08 Å². The highest BCUT2D eigenvalue weighted by molar-refractivity contribution is 5.92. The maximum absolute atomic E-state index is 11.2.